The number of ether oxygens (including phenoxy) is 1. The fourth-order valence-electron chi connectivity index (χ4n) is 2.18. The number of hydrogen-bond acceptors (Lipinski definition) is 6. The molecule has 0 unspecified atom stereocenters. The smallest absolute Gasteiger partial charge is 0.315 e. The van der Waals surface area contributed by atoms with Crippen LogP contribution in [0.15, 0.2) is 17.7 Å². The number of aromatic hydroxyl groups is 1. The van der Waals surface area contributed by atoms with Crippen LogP contribution in [0.2, 0.25) is 0 Å². The van der Waals surface area contributed by atoms with Gasteiger partial charge >= 0.3 is 5.69 Å². The molecule has 1 rings (SSSR count). The van der Waals surface area contributed by atoms with Crippen molar-refractivity contribution in [2.75, 3.05) is 13.1 Å². The Kier molecular flexibility index (Phi) is 6.93. The lowest BCUT2D eigenvalue weighted by atomic mass is 10.1. The molecule has 0 bridgehead atoms. The van der Waals surface area contributed by atoms with Crippen molar-refractivity contribution in [1.29, 1.82) is 5.26 Å². The summed E-state index contributed by atoms with van der Waals surface area (Å²) in [5.74, 6) is -1.15. The molecule has 8 nitrogen and oxygen atoms in total. The highest BCUT2D eigenvalue weighted by atomic mass is 16.6. The van der Waals surface area contributed by atoms with Gasteiger partial charge in [-0.1, -0.05) is 0 Å². The summed E-state index contributed by atoms with van der Waals surface area (Å²) < 4.78 is 5.29. The maximum atomic E-state index is 12.3. The quantitative estimate of drug-likeness (QED) is 0.351. The summed E-state index contributed by atoms with van der Waals surface area (Å²) in [4.78, 5) is 24.3. The Labute approximate surface area is 146 Å². The molecule has 0 saturated carbocycles. The summed E-state index contributed by atoms with van der Waals surface area (Å²) in [6.45, 7) is 7.78. The van der Waals surface area contributed by atoms with Crippen molar-refractivity contribution in [1.82, 2.24) is 4.90 Å². The van der Waals surface area contributed by atoms with E-state index in [0.717, 1.165) is 6.07 Å². The Morgan fingerprint density at radius 1 is 1.44 bits per heavy atom. The molecule has 8 heteroatoms. The van der Waals surface area contributed by atoms with Gasteiger partial charge in [-0.05, 0) is 45.4 Å². The first-order chi connectivity index (χ1) is 11.7. The molecule has 1 N–H and O–H groups in total. The van der Waals surface area contributed by atoms with E-state index in [2.05, 4.69) is 0 Å². The highest BCUT2D eigenvalue weighted by Gasteiger charge is 2.23. The lowest BCUT2D eigenvalue weighted by Crippen LogP contribution is -2.31. The molecule has 0 saturated heterocycles. The highest BCUT2D eigenvalue weighted by Crippen LogP contribution is 2.38. The van der Waals surface area contributed by atoms with Gasteiger partial charge in [-0.15, -0.1) is 0 Å². The number of phenols is 1. The predicted octanol–water partition coefficient (Wildman–Crippen LogP) is 2.86. The van der Waals surface area contributed by atoms with Crippen LogP contribution in [0.3, 0.4) is 0 Å². The second-order valence-corrected chi connectivity index (χ2v) is 5.46. The number of likely N-dealkylation sites (N-methyl/N-ethyl adjacent to an activating group) is 1. The molecule has 0 aliphatic heterocycles. The van der Waals surface area contributed by atoms with Gasteiger partial charge in [0.2, 0.25) is 5.75 Å². The molecular formula is C17H21N3O5. The number of nitrogens with zero attached hydrogens (tertiary/aromatic N) is 3. The number of hydrogen-bond donors (Lipinski definition) is 1. The van der Waals surface area contributed by atoms with Gasteiger partial charge in [0.1, 0.15) is 11.6 Å². The van der Waals surface area contributed by atoms with Crippen molar-refractivity contribution in [3.63, 3.8) is 0 Å². The molecule has 25 heavy (non-hydrogen) atoms. The standard InChI is InChI=1S/C17H21N3O5/c1-5-19(6-2)17(22)13(10-18)7-12-8-14(20(23)24)16(15(21)9-12)25-11(3)4/h7-9,11,21H,5-6H2,1-4H3/b13-7+. The molecule has 0 fully saturated rings. The average Bonchev–Trinajstić information content (AvgIpc) is 2.55. The summed E-state index contributed by atoms with van der Waals surface area (Å²) >= 11 is 0. The summed E-state index contributed by atoms with van der Waals surface area (Å²) in [5, 5.41) is 30.5. The van der Waals surface area contributed by atoms with Crippen molar-refractivity contribution in [2.45, 2.75) is 33.8 Å². The first-order valence-electron chi connectivity index (χ1n) is 7.84. The van der Waals surface area contributed by atoms with Crippen LogP contribution in [0, 0.1) is 21.4 Å². The maximum absolute atomic E-state index is 12.3. The summed E-state index contributed by atoms with van der Waals surface area (Å²) in [6.07, 6.45) is 0.844. The predicted molar refractivity (Wildman–Crippen MR) is 92.0 cm³/mol. The Morgan fingerprint density at radius 3 is 2.48 bits per heavy atom. The fourth-order valence-corrected chi connectivity index (χ4v) is 2.18. The van der Waals surface area contributed by atoms with Crippen LogP contribution >= 0.6 is 0 Å². The Balaban J connectivity index is 3.40. The number of amides is 1. The first kappa shape index (κ1) is 20.0. The van der Waals surface area contributed by atoms with Crippen LogP contribution in [-0.2, 0) is 4.79 Å². The third kappa shape index (κ3) is 4.94. The minimum absolute atomic E-state index is 0.164. The maximum Gasteiger partial charge on any atom is 0.315 e. The monoisotopic (exact) mass is 347 g/mol. The largest absolute Gasteiger partial charge is 0.504 e. The zero-order valence-electron chi connectivity index (χ0n) is 14.6. The van der Waals surface area contributed by atoms with Crippen LogP contribution in [0.4, 0.5) is 5.69 Å². The van der Waals surface area contributed by atoms with E-state index in [1.54, 1.807) is 33.8 Å². The molecule has 1 aromatic carbocycles. The van der Waals surface area contributed by atoms with Gasteiger partial charge in [-0.25, -0.2) is 0 Å². The number of nitro benzene ring substituents is 1. The summed E-state index contributed by atoms with van der Waals surface area (Å²) in [6, 6.07) is 4.18. The number of nitriles is 1. The zero-order chi connectivity index (χ0) is 19.1. The van der Waals surface area contributed by atoms with E-state index in [9.17, 15) is 25.3 Å². The van der Waals surface area contributed by atoms with Crippen molar-refractivity contribution in [3.8, 4) is 17.6 Å². The Bertz CT molecular complexity index is 731. The van der Waals surface area contributed by atoms with Crippen LogP contribution < -0.4 is 4.74 Å². The minimum Gasteiger partial charge on any atom is -0.504 e. The number of rotatable bonds is 7. The molecule has 0 aliphatic rings. The molecule has 0 atom stereocenters. The summed E-state index contributed by atoms with van der Waals surface area (Å²) in [7, 11) is 0. The molecule has 1 amide bonds. The minimum atomic E-state index is -0.687. The Hall–Kier alpha value is -3.08. The van der Waals surface area contributed by atoms with Gasteiger partial charge in [-0.2, -0.15) is 5.26 Å². The van der Waals surface area contributed by atoms with Gasteiger partial charge in [0.25, 0.3) is 5.91 Å². The molecule has 134 valence electrons. The number of benzene rings is 1. The third-order valence-electron chi connectivity index (χ3n) is 3.33. The highest BCUT2D eigenvalue weighted by molar-refractivity contribution is 6.01. The molecule has 0 aromatic heterocycles. The normalized spacial score (nSPS) is 11.1. The number of phenolic OH excluding ortho intramolecular Hbond substituents is 1. The SMILES string of the molecule is CCN(CC)C(=O)/C(C#N)=C/c1cc(O)c(OC(C)C)c([N+](=O)[O-])c1. The molecule has 1 aromatic rings. The Morgan fingerprint density at radius 2 is 2.04 bits per heavy atom. The van der Waals surface area contributed by atoms with Crippen LogP contribution in [0.1, 0.15) is 33.3 Å². The van der Waals surface area contributed by atoms with Crippen LogP contribution in [-0.4, -0.2) is 40.0 Å². The average molecular weight is 347 g/mol. The van der Waals surface area contributed by atoms with Crippen molar-refractivity contribution < 1.29 is 19.6 Å². The van der Waals surface area contributed by atoms with Crippen LogP contribution in [0.25, 0.3) is 6.08 Å². The number of carbonyl (C=O) groups excluding carboxylic acids is 1. The topological polar surface area (TPSA) is 117 Å². The van der Waals surface area contributed by atoms with Gasteiger partial charge in [0, 0.05) is 19.2 Å². The third-order valence-corrected chi connectivity index (χ3v) is 3.33. The molecular weight excluding hydrogens is 326 g/mol. The van der Waals surface area contributed by atoms with Crippen molar-refractivity contribution >= 4 is 17.7 Å². The van der Waals surface area contributed by atoms with E-state index in [1.165, 1.54) is 17.0 Å². The second kappa shape index (κ2) is 8.68. The lowest BCUT2D eigenvalue weighted by Gasteiger charge is -2.17. The van der Waals surface area contributed by atoms with Crippen molar-refractivity contribution in [2.24, 2.45) is 0 Å². The molecule has 0 radical (unpaired) electrons. The van der Waals surface area contributed by atoms with Crippen LogP contribution in [0.5, 0.6) is 11.5 Å². The zero-order valence-corrected chi connectivity index (χ0v) is 14.6. The first-order valence-corrected chi connectivity index (χ1v) is 7.84. The molecule has 0 spiro atoms. The van der Waals surface area contributed by atoms with E-state index in [4.69, 9.17) is 4.74 Å². The van der Waals surface area contributed by atoms with E-state index in [0.29, 0.717) is 13.1 Å². The second-order valence-electron chi connectivity index (χ2n) is 5.46. The van der Waals surface area contributed by atoms with Gasteiger partial charge in [-0.3, -0.25) is 14.9 Å². The number of carbonyl (C=O) groups is 1. The molecule has 0 aliphatic carbocycles. The van der Waals surface area contributed by atoms with Gasteiger partial charge in [0.05, 0.1) is 11.0 Å². The van der Waals surface area contributed by atoms with E-state index >= 15 is 0 Å². The van der Waals surface area contributed by atoms with E-state index in [1.807, 2.05) is 0 Å². The van der Waals surface area contributed by atoms with Gasteiger partial charge < -0.3 is 14.7 Å². The fraction of sp³-hybridized carbons (Fsp3) is 0.412. The summed E-state index contributed by atoms with van der Waals surface area (Å²) in [5.41, 5.74) is -0.445. The lowest BCUT2D eigenvalue weighted by molar-refractivity contribution is -0.386. The van der Waals surface area contributed by atoms with Crippen molar-refractivity contribution in [3.05, 3.63) is 33.4 Å². The van der Waals surface area contributed by atoms with E-state index in [-0.39, 0.29) is 23.0 Å². The van der Waals surface area contributed by atoms with Gasteiger partial charge in [0.15, 0.2) is 5.75 Å². The van der Waals surface area contributed by atoms with E-state index < -0.39 is 22.3 Å². The number of nitro groups is 1. The molecule has 0 heterocycles.